The molecular weight excluding hydrogens is 218 g/mol. The number of hydrogen-bond donors (Lipinski definition) is 0. The highest BCUT2D eigenvalue weighted by atomic mass is 79.9. The molecule has 0 aliphatic heterocycles. The largest absolute Gasteiger partial charge is 0.294 e. The van der Waals surface area contributed by atoms with Gasteiger partial charge in [0, 0.05) is 16.5 Å². The van der Waals surface area contributed by atoms with Gasteiger partial charge in [-0.25, -0.2) is 0 Å². The van der Waals surface area contributed by atoms with Crippen LogP contribution in [0.3, 0.4) is 0 Å². The average molecular weight is 224 g/mol. The van der Waals surface area contributed by atoms with Crippen molar-refractivity contribution in [2.24, 2.45) is 0 Å². The molecule has 0 atom stereocenters. The van der Waals surface area contributed by atoms with Crippen molar-refractivity contribution >= 4 is 21.7 Å². The lowest BCUT2D eigenvalue weighted by Gasteiger charge is -2.06. The zero-order valence-corrected chi connectivity index (χ0v) is 7.89. The molecular formula is C9H6BrNO. The summed E-state index contributed by atoms with van der Waals surface area (Å²) in [5.74, 6) is -0.0512. The summed E-state index contributed by atoms with van der Waals surface area (Å²) in [6, 6.07) is 1.85. The molecule has 0 saturated carbocycles. The third-order valence-electron chi connectivity index (χ3n) is 1.53. The Bertz CT molecular complexity index is 344. The number of ketones is 1. The summed E-state index contributed by atoms with van der Waals surface area (Å²) < 4.78 is 0.827. The highest BCUT2D eigenvalue weighted by Gasteiger charge is 2.15. The molecule has 0 radical (unpaired) electrons. The van der Waals surface area contributed by atoms with Gasteiger partial charge in [-0.2, -0.15) is 5.26 Å². The first-order valence-electron chi connectivity index (χ1n) is 3.35. The molecule has 0 N–H and O–H groups in total. The zero-order chi connectivity index (χ0) is 9.14. The van der Waals surface area contributed by atoms with Crippen molar-refractivity contribution in [3.05, 3.63) is 34.4 Å². The molecule has 0 aromatic heterocycles. The minimum Gasteiger partial charge on any atom is -0.294 e. The van der Waals surface area contributed by atoms with Crippen LogP contribution in [-0.4, -0.2) is 5.78 Å². The SMILES string of the molecule is C=C(C#N)C1=CC(Br)=CCC1=O. The quantitative estimate of drug-likeness (QED) is 0.641. The topological polar surface area (TPSA) is 40.9 Å². The Morgan fingerprint density at radius 1 is 1.75 bits per heavy atom. The van der Waals surface area contributed by atoms with Crippen molar-refractivity contribution in [3.63, 3.8) is 0 Å². The fraction of sp³-hybridized carbons (Fsp3) is 0.111. The molecule has 0 fully saturated rings. The Labute approximate surface area is 79.0 Å². The maximum Gasteiger partial charge on any atom is 0.168 e. The number of hydrogen-bond acceptors (Lipinski definition) is 2. The number of nitrogens with zero attached hydrogens (tertiary/aromatic N) is 1. The lowest BCUT2D eigenvalue weighted by molar-refractivity contribution is -0.114. The number of nitriles is 1. The minimum absolute atomic E-state index is 0.0512. The van der Waals surface area contributed by atoms with E-state index in [1.807, 2.05) is 6.07 Å². The fourth-order valence-corrected chi connectivity index (χ4v) is 1.28. The molecule has 0 amide bonds. The average Bonchev–Trinajstić information content (AvgIpc) is 2.08. The molecule has 0 bridgehead atoms. The first-order valence-corrected chi connectivity index (χ1v) is 4.14. The van der Waals surface area contributed by atoms with E-state index < -0.39 is 0 Å². The van der Waals surface area contributed by atoms with Gasteiger partial charge in [0.25, 0.3) is 0 Å². The van der Waals surface area contributed by atoms with E-state index in [1.165, 1.54) is 0 Å². The molecule has 0 heterocycles. The number of Topliss-reactive ketones (excluding diaryl/α,β-unsaturated/α-hetero) is 1. The van der Waals surface area contributed by atoms with Gasteiger partial charge in [-0.1, -0.05) is 28.6 Å². The molecule has 1 aliphatic rings. The number of carbonyl (C=O) groups excluding carboxylic acids is 1. The van der Waals surface area contributed by atoms with Crippen molar-refractivity contribution in [1.82, 2.24) is 0 Å². The molecule has 1 aliphatic carbocycles. The summed E-state index contributed by atoms with van der Waals surface area (Å²) in [6.45, 7) is 3.48. The van der Waals surface area contributed by atoms with E-state index in [4.69, 9.17) is 5.26 Å². The second-order valence-electron chi connectivity index (χ2n) is 2.36. The summed E-state index contributed by atoms with van der Waals surface area (Å²) in [5.41, 5.74) is 0.636. The fourth-order valence-electron chi connectivity index (χ4n) is 0.893. The smallest absolute Gasteiger partial charge is 0.168 e. The van der Waals surface area contributed by atoms with Crippen LogP contribution in [0.4, 0.5) is 0 Å². The second kappa shape index (κ2) is 3.51. The summed E-state index contributed by atoms with van der Waals surface area (Å²) in [7, 11) is 0. The third-order valence-corrected chi connectivity index (χ3v) is 2.08. The minimum atomic E-state index is -0.0512. The third kappa shape index (κ3) is 1.72. The van der Waals surface area contributed by atoms with E-state index in [-0.39, 0.29) is 11.4 Å². The van der Waals surface area contributed by atoms with Crippen LogP contribution in [0.1, 0.15) is 6.42 Å². The van der Waals surface area contributed by atoms with Crippen LogP contribution in [0.2, 0.25) is 0 Å². The van der Waals surface area contributed by atoms with Gasteiger partial charge in [0.2, 0.25) is 0 Å². The molecule has 0 saturated heterocycles. The normalized spacial score (nSPS) is 16.2. The molecule has 0 aromatic rings. The highest BCUT2D eigenvalue weighted by molar-refractivity contribution is 9.11. The summed E-state index contributed by atoms with van der Waals surface area (Å²) in [5, 5.41) is 8.51. The number of halogens is 1. The summed E-state index contributed by atoms with van der Waals surface area (Å²) >= 11 is 3.24. The van der Waals surface area contributed by atoms with Crippen LogP contribution in [0.15, 0.2) is 34.4 Å². The van der Waals surface area contributed by atoms with Gasteiger partial charge >= 0.3 is 0 Å². The lowest BCUT2D eigenvalue weighted by atomic mass is 9.98. The van der Waals surface area contributed by atoms with Crippen LogP contribution in [-0.2, 0) is 4.79 Å². The summed E-state index contributed by atoms with van der Waals surface area (Å²) in [4.78, 5) is 11.2. The van der Waals surface area contributed by atoms with E-state index in [0.717, 1.165) is 4.48 Å². The Kier molecular flexibility index (Phi) is 2.61. The van der Waals surface area contributed by atoms with Crippen LogP contribution in [0, 0.1) is 11.3 Å². The van der Waals surface area contributed by atoms with Crippen molar-refractivity contribution in [1.29, 1.82) is 5.26 Å². The first-order chi connectivity index (χ1) is 5.65. The van der Waals surface area contributed by atoms with Gasteiger partial charge in [-0.15, -0.1) is 0 Å². The van der Waals surface area contributed by atoms with Crippen LogP contribution < -0.4 is 0 Å². The van der Waals surface area contributed by atoms with Crippen LogP contribution in [0.5, 0.6) is 0 Å². The Balaban J connectivity index is 3.03. The van der Waals surface area contributed by atoms with Gasteiger partial charge in [0.1, 0.15) is 0 Å². The molecule has 12 heavy (non-hydrogen) atoms. The molecule has 0 unspecified atom stereocenters. The van der Waals surface area contributed by atoms with Gasteiger partial charge in [0.15, 0.2) is 5.78 Å². The standard InChI is InChI=1S/C9H6BrNO/c1-6(5-11)8-4-7(10)2-3-9(8)12/h2,4H,1,3H2. The summed E-state index contributed by atoms with van der Waals surface area (Å²) in [6.07, 6.45) is 3.72. The molecule has 60 valence electrons. The predicted octanol–water partition coefficient (Wildman–Crippen LogP) is 2.24. The van der Waals surface area contributed by atoms with Gasteiger partial charge < -0.3 is 0 Å². The zero-order valence-electron chi connectivity index (χ0n) is 6.30. The number of rotatable bonds is 1. The van der Waals surface area contributed by atoms with E-state index in [1.54, 1.807) is 12.2 Å². The first kappa shape index (κ1) is 8.95. The van der Waals surface area contributed by atoms with Crippen LogP contribution >= 0.6 is 15.9 Å². The highest BCUT2D eigenvalue weighted by Crippen LogP contribution is 2.22. The molecule has 2 nitrogen and oxygen atoms in total. The Hall–Kier alpha value is -1.14. The van der Waals surface area contributed by atoms with Crippen molar-refractivity contribution in [2.45, 2.75) is 6.42 Å². The Morgan fingerprint density at radius 2 is 2.42 bits per heavy atom. The van der Waals surface area contributed by atoms with E-state index in [9.17, 15) is 4.79 Å². The number of allylic oxidation sites excluding steroid dienone is 5. The van der Waals surface area contributed by atoms with Crippen molar-refractivity contribution < 1.29 is 4.79 Å². The van der Waals surface area contributed by atoms with E-state index in [0.29, 0.717) is 12.0 Å². The van der Waals surface area contributed by atoms with Crippen LogP contribution in [0.25, 0.3) is 0 Å². The van der Waals surface area contributed by atoms with E-state index in [2.05, 4.69) is 22.5 Å². The molecule has 0 spiro atoms. The van der Waals surface area contributed by atoms with Gasteiger partial charge in [-0.05, 0) is 6.08 Å². The second-order valence-corrected chi connectivity index (χ2v) is 3.28. The molecule has 1 rings (SSSR count). The van der Waals surface area contributed by atoms with Crippen molar-refractivity contribution in [3.8, 4) is 6.07 Å². The van der Waals surface area contributed by atoms with Gasteiger partial charge in [-0.3, -0.25) is 4.79 Å². The monoisotopic (exact) mass is 223 g/mol. The van der Waals surface area contributed by atoms with E-state index >= 15 is 0 Å². The Morgan fingerprint density at radius 3 is 3.00 bits per heavy atom. The van der Waals surface area contributed by atoms with Gasteiger partial charge in [0.05, 0.1) is 11.6 Å². The predicted molar refractivity (Wildman–Crippen MR) is 49.5 cm³/mol. The maximum absolute atomic E-state index is 11.2. The maximum atomic E-state index is 11.2. The molecule has 0 aromatic carbocycles. The molecule has 3 heteroatoms. The van der Waals surface area contributed by atoms with Crippen molar-refractivity contribution in [2.75, 3.05) is 0 Å². The lowest BCUT2D eigenvalue weighted by Crippen LogP contribution is -2.06. The number of carbonyl (C=O) groups is 1.